The van der Waals surface area contributed by atoms with Crippen molar-refractivity contribution in [2.75, 3.05) is 24.5 Å². The Labute approximate surface area is 104 Å². The minimum atomic E-state index is -4.40. The molecule has 1 atom stereocenters. The fraction of sp³-hybridized carbons (Fsp3) is 0.583. The molecule has 0 aromatic carbocycles. The molecule has 2 N–H and O–H groups in total. The van der Waals surface area contributed by atoms with Gasteiger partial charge in [-0.3, -0.25) is 0 Å². The number of aromatic nitrogens is 1. The van der Waals surface area contributed by atoms with Crippen molar-refractivity contribution in [3.8, 4) is 0 Å². The van der Waals surface area contributed by atoms with Crippen LogP contribution in [0.25, 0.3) is 0 Å². The number of hydrogen-bond donors (Lipinski definition) is 1. The number of nitrogens with zero attached hydrogens (tertiary/aromatic N) is 2. The molecule has 0 bridgehead atoms. The number of hydrogen-bond acceptors (Lipinski definition) is 3. The van der Waals surface area contributed by atoms with Crippen molar-refractivity contribution >= 4 is 5.82 Å². The summed E-state index contributed by atoms with van der Waals surface area (Å²) in [4.78, 5) is 5.55. The zero-order chi connectivity index (χ0) is 13.4. The lowest BCUT2D eigenvalue weighted by Crippen LogP contribution is -2.31. The first-order valence-corrected chi connectivity index (χ1v) is 5.83. The molecule has 100 valence electrons. The van der Waals surface area contributed by atoms with E-state index >= 15 is 0 Å². The van der Waals surface area contributed by atoms with Crippen LogP contribution in [0.3, 0.4) is 0 Å². The highest BCUT2D eigenvalue weighted by molar-refractivity contribution is 5.41. The van der Waals surface area contributed by atoms with E-state index in [9.17, 15) is 13.2 Å². The zero-order valence-corrected chi connectivity index (χ0v) is 10.2. The third-order valence-electron chi connectivity index (χ3n) is 3.40. The second kappa shape index (κ2) is 4.42. The quantitative estimate of drug-likeness (QED) is 0.886. The number of alkyl halides is 3. The van der Waals surface area contributed by atoms with Crippen LogP contribution in [0, 0.1) is 5.41 Å². The molecule has 1 aliphatic rings. The molecule has 1 fully saturated rings. The van der Waals surface area contributed by atoms with Gasteiger partial charge in [0, 0.05) is 13.1 Å². The average Bonchev–Trinajstić information content (AvgIpc) is 2.72. The van der Waals surface area contributed by atoms with E-state index in [1.807, 2.05) is 11.8 Å². The highest BCUT2D eigenvalue weighted by Gasteiger charge is 2.35. The molecule has 0 radical (unpaired) electrons. The van der Waals surface area contributed by atoms with E-state index in [1.165, 1.54) is 6.07 Å². The van der Waals surface area contributed by atoms with Gasteiger partial charge in [-0.05, 0) is 30.5 Å². The Morgan fingerprint density at radius 2 is 2.17 bits per heavy atom. The second-order valence-electron chi connectivity index (χ2n) is 5.07. The van der Waals surface area contributed by atoms with E-state index in [-0.39, 0.29) is 5.41 Å². The zero-order valence-electron chi connectivity index (χ0n) is 10.2. The highest BCUT2D eigenvalue weighted by Crippen LogP contribution is 2.33. The molecule has 0 saturated carbocycles. The molecule has 2 rings (SSSR count). The predicted molar refractivity (Wildman–Crippen MR) is 63.2 cm³/mol. The van der Waals surface area contributed by atoms with Gasteiger partial charge in [0.1, 0.15) is 11.5 Å². The summed E-state index contributed by atoms with van der Waals surface area (Å²) in [6, 6.07) is 3.99. The maximum Gasteiger partial charge on any atom is 0.433 e. The Bertz CT molecular complexity index is 433. The SMILES string of the molecule is CC1(CN)CCN(c2cccc(C(F)(F)F)n2)C1. The van der Waals surface area contributed by atoms with E-state index < -0.39 is 11.9 Å². The Kier molecular flexibility index (Phi) is 3.23. The molecule has 0 spiro atoms. The lowest BCUT2D eigenvalue weighted by Gasteiger charge is -2.23. The molecule has 0 amide bonds. The van der Waals surface area contributed by atoms with Crippen molar-refractivity contribution in [2.45, 2.75) is 19.5 Å². The molecule has 0 aliphatic carbocycles. The topological polar surface area (TPSA) is 42.1 Å². The summed E-state index contributed by atoms with van der Waals surface area (Å²) >= 11 is 0. The Balaban J connectivity index is 2.21. The maximum atomic E-state index is 12.6. The van der Waals surface area contributed by atoms with Crippen LogP contribution in [0.2, 0.25) is 0 Å². The van der Waals surface area contributed by atoms with Crippen LogP contribution in [0.15, 0.2) is 18.2 Å². The number of halogens is 3. The Morgan fingerprint density at radius 3 is 2.72 bits per heavy atom. The van der Waals surface area contributed by atoms with Crippen LogP contribution in [-0.4, -0.2) is 24.6 Å². The Morgan fingerprint density at radius 1 is 1.44 bits per heavy atom. The third kappa shape index (κ3) is 2.58. The fourth-order valence-electron chi connectivity index (χ4n) is 2.14. The minimum absolute atomic E-state index is 0.0318. The van der Waals surface area contributed by atoms with Gasteiger partial charge in [0.05, 0.1) is 0 Å². The summed E-state index contributed by atoms with van der Waals surface area (Å²) in [6.45, 7) is 3.92. The molecular weight excluding hydrogens is 243 g/mol. The van der Waals surface area contributed by atoms with Crippen LogP contribution in [0.5, 0.6) is 0 Å². The van der Waals surface area contributed by atoms with Crippen molar-refractivity contribution in [1.29, 1.82) is 0 Å². The van der Waals surface area contributed by atoms with Crippen LogP contribution >= 0.6 is 0 Å². The molecule has 3 nitrogen and oxygen atoms in total. The maximum absolute atomic E-state index is 12.6. The van der Waals surface area contributed by atoms with Gasteiger partial charge < -0.3 is 10.6 Å². The monoisotopic (exact) mass is 259 g/mol. The van der Waals surface area contributed by atoms with Gasteiger partial charge in [-0.1, -0.05) is 13.0 Å². The van der Waals surface area contributed by atoms with Gasteiger partial charge in [0.25, 0.3) is 0 Å². The Hall–Kier alpha value is -1.30. The molecule has 1 aromatic rings. The summed E-state index contributed by atoms with van der Waals surface area (Å²) in [5, 5.41) is 0. The molecule has 18 heavy (non-hydrogen) atoms. The van der Waals surface area contributed by atoms with E-state index in [2.05, 4.69) is 4.98 Å². The fourth-order valence-corrected chi connectivity index (χ4v) is 2.14. The van der Waals surface area contributed by atoms with Gasteiger partial charge in [0.15, 0.2) is 0 Å². The van der Waals surface area contributed by atoms with Crippen LogP contribution in [0.1, 0.15) is 19.0 Å². The van der Waals surface area contributed by atoms with Crippen LogP contribution in [0.4, 0.5) is 19.0 Å². The highest BCUT2D eigenvalue weighted by atomic mass is 19.4. The van der Waals surface area contributed by atoms with Crippen LogP contribution in [-0.2, 0) is 6.18 Å². The molecule has 1 unspecified atom stereocenters. The first kappa shape index (κ1) is 13.1. The van der Waals surface area contributed by atoms with Crippen molar-refractivity contribution in [3.05, 3.63) is 23.9 Å². The molecular formula is C12H16F3N3. The van der Waals surface area contributed by atoms with Crippen LogP contribution < -0.4 is 10.6 Å². The van der Waals surface area contributed by atoms with Gasteiger partial charge in [-0.25, -0.2) is 4.98 Å². The average molecular weight is 259 g/mol. The number of anilines is 1. The van der Waals surface area contributed by atoms with Gasteiger partial charge in [-0.15, -0.1) is 0 Å². The van der Waals surface area contributed by atoms with Crippen molar-refractivity contribution in [3.63, 3.8) is 0 Å². The molecule has 6 heteroatoms. The normalized spacial score (nSPS) is 24.6. The second-order valence-corrected chi connectivity index (χ2v) is 5.07. The number of nitrogens with two attached hydrogens (primary N) is 1. The first-order valence-electron chi connectivity index (χ1n) is 5.83. The number of rotatable bonds is 2. The van der Waals surface area contributed by atoms with E-state index in [4.69, 9.17) is 5.73 Å². The van der Waals surface area contributed by atoms with Crippen molar-refractivity contribution in [2.24, 2.45) is 11.1 Å². The lowest BCUT2D eigenvalue weighted by molar-refractivity contribution is -0.141. The molecule has 2 heterocycles. The minimum Gasteiger partial charge on any atom is -0.356 e. The summed E-state index contributed by atoms with van der Waals surface area (Å²) < 4.78 is 37.7. The molecule has 1 aliphatic heterocycles. The third-order valence-corrected chi connectivity index (χ3v) is 3.40. The van der Waals surface area contributed by atoms with E-state index in [1.54, 1.807) is 6.07 Å². The number of pyridine rings is 1. The largest absolute Gasteiger partial charge is 0.433 e. The smallest absolute Gasteiger partial charge is 0.356 e. The molecule has 1 aromatic heterocycles. The lowest BCUT2D eigenvalue weighted by atomic mass is 9.90. The summed E-state index contributed by atoms with van der Waals surface area (Å²) in [5.74, 6) is 0.377. The van der Waals surface area contributed by atoms with Crippen molar-refractivity contribution < 1.29 is 13.2 Å². The van der Waals surface area contributed by atoms with E-state index in [0.717, 1.165) is 12.5 Å². The summed E-state index contributed by atoms with van der Waals surface area (Å²) in [6.07, 6.45) is -3.52. The first-order chi connectivity index (χ1) is 8.34. The standard InChI is InChI=1S/C12H16F3N3/c1-11(7-16)5-6-18(8-11)10-4-2-3-9(17-10)12(13,14)15/h2-4H,5-8,16H2,1H3. The molecule has 1 saturated heterocycles. The van der Waals surface area contributed by atoms with Gasteiger partial charge in [-0.2, -0.15) is 13.2 Å². The van der Waals surface area contributed by atoms with E-state index in [0.29, 0.717) is 25.5 Å². The predicted octanol–water partition coefficient (Wildman–Crippen LogP) is 2.28. The summed E-state index contributed by atoms with van der Waals surface area (Å²) in [7, 11) is 0. The summed E-state index contributed by atoms with van der Waals surface area (Å²) in [5.41, 5.74) is 4.80. The van der Waals surface area contributed by atoms with Gasteiger partial charge in [0.2, 0.25) is 0 Å². The van der Waals surface area contributed by atoms with Crippen molar-refractivity contribution in [1.82, 2.24) is 4.98 Å². The van der Waals surface area contributed by atoms with Gasteiger partial charge >= 0.3 is 6.18 Å².